The predicted octanol–water partition coefficient (Wildman–Crippen LogP) is 1.56. The van der Waals surface area contributed by atoms with Gasteiger partial charge in [0.1, 0.15) is 0 Å². The fourth-order valence-electron chi connectivity index (χ4n) is 3.48. The summed E-state index contributed by atoms with van der Waals surface area (Å²) < 4.78 is 0. The molecule has 2 atom stereocenters. The molecule has 1 amide bonds. The van der Waals surface area contributed by atoms with Crippen LogP contribution in [0.25, 0.3) is 0 Å². The highest BCUT2D eigenvalue weighted by Gasteiger charge is 2.38. The predicted molar refractivity (Wildman–Crippen MR) is 75.5 cm³/mol. The zero-order valence-electron chi connectivity index (χ0n) is 12.0. The fourth-order valence-corrected chi connectivity index (χ4v) is 3.48. The van der Waals surface area contributed by atoms with Gasteiger partial charge in [0.15, 0.2) is 0 Å². The lowest BCUT2D eigenvalue weighted by atomic mass is 9.76. The van der Waals surface area contributed by atoms with Gasteiger partial charge in [0.25, 0.3) is 0 Å². The summed E-state index contributed by atoms with van der Waals surface area (Å²) in [7, 11) is 0. The fraction of sp³-hybridized carbons (Fsp3) is 0.933. The average Bonchev–Trinajstić information content (AvgIpc) is 2.42. The first-order valence-corrected chi connectivity index (χ1v) is 7.75. The van der Waals surface area contributed by atoms with Crippen molar-refractivity contribution in [3.8, 4) is 0 Å². The van der Waals surface area contributed by atoms with E-state index in [1.807, 2.05) is 0 Å². The molecule has 2 rings (SSSR count). The van der Waals surface area contributed by atoms with Gasteiger partial charge in [-0.2, -0.15) is 0 Å². The Labute approximate surface area is 116 Å². The van der Waals surface area contributed by atoms with Crippen LogP contribution in [-0.4, -0.2) is 29.2 Å². The molecular weight excluding hydrogens is 240 g/mol. The third kappa shape index (κ3) is 3.48. The SMILES string of the molecule is CC1CCC(CO)(NC(=O)C2CCCCC2N)CC1. The molecule has 2 unspecified atom stereocenters. The van der Waals surface area contributed by atoms with E-state index in [1.165, 1.54) is 0 Å². The van der Waals surface area contributed by atoms with Gasteiger partial charge in [0.05, 0.1) is 18.1 Å². The molecule has 2 aliphatic carbocycles. The summed E-state index contributed by atoms with van der Waals surface area (Å²) in [5, 5.41) is 12.8. The number of rotatable bonds is 3. The van der Waals surface area contributed by atoms with Crippen LogP contribution in [0.15, 0.2) is 0 Å². The molecule has 4 nitrogen and oxygen atoms in total. The minimum absolute atomic E-state index is 0.00740. The first kappa shape index (κ1) is 14.8. The van der Waals surface area contributed by atoms with Crippen LogP contribution in [0.3, 0.4) is 0 Å². The average molecular weight is 268 g/mol. The van der Waals surface area contributed by atoms with Gasteiger partial charge >= 0.3 is 0 Å². The second-order valence-corrected chi connectivity index (χ2v) is 6.67. The van der Waals surface area contributed by atoms with Crippen molar-refractivity contribution in [1.82, 2.24) is 5.32 Å². The molecule has 4 heteroatoms. The molecule has 110 valence electrons. The highest BCUT2D eigenvalue weighted by molar-refractivity contribution is 5.80. The van der Waals surface area contributed by atoms with Gasteiger partial charge in [-0.1, -0.05) is 19.8 Å². The van der Waals surface area contributed by atoms with E-state index < -0.39 is 0 Å². The van der Waals surface area contributed by atoms with Gasteiger partial charge in [-0.3, -0.25) is 4.79 Å². The Hall–Kier alpha value is -0.610. The molecule has 4 N–H and O–H groups in total. The Bertz CT molecular complexity index is 311. The molecule has 19 heavy (non-hydrogen) atoms. The quantitative estimate of drug-likeness (QED) is 0.727. The zero-order valence-corrected chi connectivity index (χ0v) is 12.0. The molecule has 0 aromatic carbocycles. The van der Waals surface area contributed by atoms with Crippen LogP contribution < -0.4 is 11.1 Å². The van der Waals surface area contributed by atoms with Gasteiger partial charge in [-0.05, 0) is 44.4 Å². The summed E-state index contributed by atoms with van der Waals surface area (Å²) >= 11 is 0. The maximum Gasteiger partial charge on any atom is 0.225 e. The lowest BCUT2D eigenvalue weighted by Gasteiger charge is -2.40. The van der Waals surface area contributed by atoms with Gasteiger partial charge in [0.2, 0.25) is 5.91 Å². The van der Waals surface area contributed by atoms with E-state index in [-0.39, 0.29) is 30.0 Å². The van der Waals surface area contributed by atoms with Crippen molar-refractivity contribution in [2.45, 2.75) is 69.9 Å². The van der Waals surface area contributed by atoms with Gasteiger partial charge in [-0.15, -0.1) is 0 Å². The zero-order chi connectivity index (χ0) is 13.9. The van der Waals surface area contributed by atoms with E-state index in [9.17, 15) is 9.90 Å². The molecule has 2 aliphatic rings. The van der Waals surface area contributed by atoms with Crippen molar-refractivity contribution in [3.05, 3.63) is 0 Å². The number of carbonyl (C=O) groups excluding carboxylic acids is 1. The molecule has 0 spiro atoms. The Morgan fingerprint density at radius 2 is 1.89 bits per heavy atom. The number of nitrogens with two attached hydrogens (primary N) is 1. The van der Waals surface area contributed by atoms with Crippen LogP contribution in [0.5, 0.6) is 0 Å². The molecule has 0 heterocycles. The summed E-state index contributed by atoms with van der Waals surface area (Å²) in [4.78, 5) is 12.4. The standard InChI is InChI=1S/C15H28N2O2/c1-11-6-8-15(10-18,9-7-11)17-14(19)12-4-2-3-5-13(12)16/h11-13,18H,2-10,16H2,1H3,(H,17,19). The van der Waals surface area contributed by atoms with Crippen LogP contribution >= 0.6 is 0 Å². The number of aliphatic hydroxyl groups is 1. The van der Waals surface area contributed by atoms with Crippen molar-refractivity contribution < 1.29 is 9.90 Å². The Kier molecular flexibility index (Phi) is 4.85. The number of nitrogens with one attached hydrogen (secondary N) is 1. The minimum Gasteiger partial charge on any atom is -0.394 e. The molecule has 2 fully saturated rings. The number of carbonyl (C=O) groups is 1. The molecular formula is C15H28N2O2. The summed E-state index contributed by atoms with van der Waals surface area (Å²) in [6, 6.07) is -0.00740. The third-order valence-electron chi connectivity index (χ3n) is 5.08. The summed E-state index contributed by atoms with van der Waals surface area (Å²) in [5.74, 6) is 0.709. The van der Waals surface area contributed by atoms with Crippen LogP contribution in [0.4, 0.5) is 0 Å². The summed E-state index contributed by atoms with van der Waals surface area (Å²) in [5.41, 5.74) is 5.68. The number of amides is 1. The lowest BCUT2D eigenvalue weighted by molar-refractivity contribution is -0.129. The smallest absolute Gasteiger partial charge is 0.225 e. The maximum absolute atomic E-state index is 12.4. The lowest BCUT2D eigenvalue weighted by Crippen LogP contribution is -2.57. The van der Waals surface area contributed by atoms with Crippen LogP contribution in [0, 0.1) is 11.8 Å². The Balaban J connectivity index is 1.95. The van der Waals surface area contributed by atoms with E-state index in [0.717, 1.165) is 51.4 Å². The van der Waals surface area contributed by atoms with Crippen molar-refractivity contribution in [2.24, 2.45) is 17.6 Å². The minimum atomic E-state index is -0.388. The molecule has 2 saturated carbocycles. The monoisotopic (exact) mass is 268 g/mol. The van der Waals surface area contributed by atoms with Gasteiger partial charge in [-0.25, -0.2) is 0 Å². The number of aliphatic hydroxyl groups excluding tert-OH is 1. The van der Waals surface area contributed by atoms with Crippen molar-refractivity contribution in [2.75, 3.05) is 6.61 Å². The Morgan fingerprint density at radius 1 is 1.26 bits per heavy atom. The second-order valence-electron chi connectivity index (χ2n) is 6.67. The van der Waals surface area contributed by atoms with E-state index in [0.29, 0.717) is 5.92 Å². The molecule has 0 aliphatic heterocycles. The van der Waals surface area contributed by atoms with Crippen LogP contribution in [-0.2, 0) is 4.79 Å². The Morgan fingerprint density at radius 3 is 2.47 bits per heavy atom. The third-order valence-corrected chi connectivity index (χ3v) is 5.08. The molecule has 0 radical (unpaired) electrons. The van der Waals surface area contributed by atoms with Crippen molar-refractivity contribution in [3.63, 3.8) is 0 Å². The topological polar surface area (TPSA) is 75.3 Å². The van der Waals surface area contributed by atoms with Crippen LogP contribution in [0.2, 0.25) is 0 Å². The maximum atomic E-state index is 12.4. The molecule has 0 aromatic heterocycles. The molecule has 0 aromatic rings. The summed E-state index contributed by atoms with van der Waals surface area (Å²) in [6.45, 7) is 2.29. The van der Waals surface area contributed by atoms with E-state index in [4.69, 9.17) is 5.73 Å². The number of hydrogen-bond donors (Lipinski definition) is 3. The second kappa shape index (κ2) is 6.23. The van der Waals surface area contributed by atoms with Crippen molar-refractivity contribution in [1.29, 1.82) is 0 Å². The first-order chi connectivity index (χ1) is 9.06. The molecule has 0 bridgehead atoms. The van der Waals surface area contributed by atoms with Gasteiger partial charge in [0, 0.05) is 6.04 Å². The first-order valence-electron chi connectivity index (χ1n) is 7.75. The molecule has 0 saturated heterocycles. The largest absolute Gasteiger partial charge is 0.394 e. The van der Waals surface area contributed by atoms with Crippen molar-refractivity contribution >= 4 is 5.91 Å². The highest BCUT2D eigenvalue weighted by atomic mass is 16.3. The van der Waals surface area contributed by atoms with E-state index in [1.54, 1.807) is 0 Å². The van der Waals surface area contributed by atoms with Gasteiger partial charge < -0.3 is 16.2 Å². The highest BCUT2D eigenvalue weighted by Crippen LogP contribution is 2.32. The normalized spacial score (nSPS) is 39.8. The van der Waals surface area contributed by atoms with Crippen LogP contribution in [0.1, 0.15) is 58.3 Å². The van der Waals surface area contributed by atoms with E-state index in [2.05, 4.69) is 12.2 Å². The number of hydrogen-bond acceptors (Lipinski definition) is 3. The van der Waals surface area contributed by atoms with E-state index >= 15 is 0 Å². The summed E-state index contributed by atoms with van der Waals surface area (Å²) in [6.07, 6.45) is 8.00.